The van der Waals surface area contributed by atoms with Gasteiger partial charge in [-0.3, -0.25) is 19.7 Å². The van der Waals surface area contributed by atoms with Crippen molar-refractivity contribution in [2.45, 2.75) is 61.3 Å². The Morgan fingerprint density at radius 2 is 1.96 bits per heavy atom. The molecule has 3 N–H and O–H groups in total. The third-order valence-electron chi connectivity index (χ3n) is 4.66. The number of hydrogen-bond donors (Lipinski definition) is 3. The predicted octanol–water partition coefficient (Wildman–Crippen LogP) is 2.19. The number of benzene rings is 1. The number of hydrogen-bond acceptors (Lipinski definition) is 6. The van der Waals surface area contributed by atoms with Crippen LogP contribution in [0.4, 0.5) is 10.5 Å². The summed E-state index contributed by atoms with van der Waals surface area (Å²) >= 11 is 1.28. The molecule has 2 aliphatic rings. The molecule has 0 unspecified atom stereocenters. The van der Waals surface area contributed by atoms with E-state index in [0.717, 1.165) is 30.6 Å². The molecule has 1 aliphatic heterocycles. The first-order valence-corrected chi connectivity index (χ1v) is 10.2. The lowest BCUT2D eigenvalue weighted by molar-refractivity contribution is -0.154. The third kappa shape index (κ3) is 5.25. The molecule has 9 heteroatoms. The molecule has 28 heavy (non-hydrogen) atoms. The fraction of sp³-hybridized carbons (Fsp3) is 0.474. The molecule has 0 bridgehead atoms. The van der Waals surface area contributed by atoms with Crippen molar-refractivity contribution in [2.24, 2.45) is 0 Å². The van der Waals surface area contributed by atoms with E-state index in [0.29, 0.717) is 5.69 Å². The van der Waals surface area contributed by atoms with Crippen LogP contribution >= 0.6 is 11.8 Å². The Balaban J connectivity index is 1.45. The average molecular weight is 405 g/mol. The quantitative estimate of drug-likeness (QED) is 0.647. The van der Waals surface area contributed by atoms with Crippen molar-refractivity contribution in [3.05, 3.63) is 24.3 Å². The van der Waals surface area contributed by atoms with Gasteiger partial charge in [-0.2, -0.15) is 0 Å². The molecule has 3 rings (SSSR count). The molecular formula is C19H23N3O5S. The molecule has 1 aromatic rings. The summed E-state index contributed by atoms with van der Waals surface area (Å²) in [6, 6.07) is 6.81. The molecule has 0 radical (unpaired) electrons. The molecule has 1 fully saturated rings. The van der Waals surface area contributed by atoms with E-state index in [-0.39, 0.29) is 18.4 Å². The minimum Gasteiger partial charge on any atom is -0.452 e. The Hall–Kier alpha value is -2.55. The molecule has 4 amide bonds. The van der Waals surface area contributed by atoms with Crippen LogP contribution in [0.2, 0.25) is 0 Å². The SMILES string of the molecule is C[C@H](OC(=O)C[C@@H]1Sc2ccccc2NC1=O)C(=O)NC(=O)NC1CCCC1. The Morgan fingerprint density at radius 3 is 2.71 bits per heavy atom. The summed E-state index contributed by atoms with van der Waals surface area (Å²) in [5.41, 5.74) is 0.711. The van der Waals surface area contributed by atoms with E-state index in [1.165, 1.54) is 18.7 Å². The standard InChI is InChI=1S/C19H23N3O5S/c1-11(17(24)22-19(26)20-12-6-2-3-7-12)27-16(23)10-15-18(25)21-13-8-4-5-9-14(13)28-15/h4-5,8-9,11-12,15H,2-3,6-7,10H2,1H3,(H,21,25)(H2,20,22,24,26)/t11-,15-/m0/s1. The van der Waals surface area contributed by atoms with Crippen LogP contribution in [0.1, 0.15) is 39.0 Å². The monoisotopic (exact) mass is 405 g/mol. The number of amides is 4. The van der Waals surface area contributed by atoms with Gasteiger partial charge in [-0.15, -0.1) is 11.8 Å². The zero-order chi connectivity index (χ0) is 20.1. The molecular weight excluding hydrogens is 382 g/mol. The van der Waals surface area contributed by atoms with Crippen molar-refractivity contribution in [2.75, 3.05) is 5.32 Å². The number of para-hydroxylation sites is 1. The summed E-state index contributed by atoms with van der Waals surface area (Å²) in [6.07, 6.45) is 2.61. The first kappa shape index (κ1) is 20.2. The van der Waals surface area contributed by atoms with Gasteiger partial charge < -0.3 is 15.4 Å². The van der Waals surface area contributed by atoms with E-state index in [2.05, 4.69) is 16.0 Å². The Bertz CT molecular complexity index is 779. The predicted molar refractivity (Wildman–Crippen MR) is 104 cm³/mol. The van der Waals surface area contributed by atoms with Crippen molar-refractivity contribution >= 4 is 41.3 Å². The van der Waals surface area contributed by atoms with Crippen molar-refractivity contribution in [3.63, 3.8) is 0 Å². The summed E-state index contributed by atoms with van der Waals surface area (Å²) in [4.78, 5) is 49.1. The maximum atomic E-state index is 12.2. The molecule has 0 saturated heterocycles. The van der Waals surface area contributed by atoms with Crippen molar-refractivity contribution < 1.29 is 23.9 Å². The number of carbonyl (C=O) groups is 4. The van der Waals surface area contributed by atoms with Gasteiger partial charge in [-0.1, -0.05) is 25.0 Å². The summed E-state index contributed by atoms with van der Waals surface area (Å²) in [7, 11) is 0. The summed E-state index contributed by atoms with van der Waals surface area (Å²) in [5.74, 6) is -1.66. The van der Waals surface area contributed by atoms with Crippen LogP contribution in [0.3, 0.4) is 0 Å². The van der Waals surface area contributed by atoms with Gasteiger partial charge in [0.05, 0.1) is 17.4 Å². The van der Waals surface area contributed by atoms with Crippen LogP contribution in [0.15, 0.2) is 29.2 Å². The first-order valence-electron chi connectivity index (χ1n) is 9.30. The first-order chi connectivity index (χ1) is 13.4. The van der Waals surface area contributed by atoms with E-state index in [1.807, 2.05) is 18.2 Å². The van der Waals surface area contributed by atoms with E-state index < -0.39 is 29.3 Å². The number of nitrogens with one attached hydrogen (secondary N) is 3. The zero-order valence-electron chi connectivity index (χ0n) is 15.5. The number of carbonyl (C=O) groups excluding carboxylic acids is 4. The molecule has 0 aromatic heterocycles. The topological polar surface area (TPSA) is 114 Å². The van der Waals surface area contributed by atoms with E-state index >= 15 is 0 Å². The van der Waals surface area contributed by atoms with E-state index in [9.17, 15) is 19.2 Å². The van der Waals surface area contributed by atoms with Gasteiger partial charge in [-0.25, -0.2) is 4.79 Å². The molecule has 150 valence electrons. The normalized spacial score (nSPS) is 19.9. The second-order valence-electron chi connectivity index (χ2n) is 6.87. The summed E-state index contributed by atoms with van der Waals surface area (Å²) < 4.78 is 5.10. The molecule has 0 spiro atoms. The molecule has 1 aliphatic carbocycles. The molecule has 1 aromatic carbocycles. The van der Waals surface area contributed by atoms with E-state index in [4.69, 9.17) is 4.74 Å². The fourth-order valence-corrected chi connectivity index (χ4v) is 4.28. The number of thioether (sulfide) groups is 1. The Morgan fingerprint density at radius 1 is 1.25 bits per heavy atom. The van der Waals surface area contributed by atoms with Gasteiger partial charge in [0.1, 0.15) is 0 Å². The summed E-state index contributed by atoms with van der Waals surface area (Å²) in [6.45, 7) is 1.39. The number of esters is 1. The average Bonchev–Trinajstić information content (AvgIpc) is 3.15. The molecule has 1 heterocycles. The number of anilines is 1. The van der Waals surface area contributed by atoms with Crippen molar-refractivity contribution in [1.82, 2.24) is 10.6 Å². The fourth-order valence-electron chi connectivity index (χ4n) is 3.18. The minimum atomic E-state index is -1.13. The lowest BCUT2D eigenvalue weighted by atomic mass is 10.2. The van der Waals surface area contributed by atoms with Crippen LogP contribution in [0.25, 0.3) is 0 Å². The smallest absolute Gasteiger partial charge is 0.321 e. The number of fused-ring (bicyclic) bond motifs is 1. The molecule has 1 saturated carbocycles. The second-order valence-corrected chi connectivity index (χ2v) is 8.12. The lowest BCUT2D eigenvalue weighted by Gasteiger charge is -2.23. The van der Waals surface area contributed by atoms with Crippen LogP contribution in [0.5, 0.6) is 0 Å². The highest BCUT2D eigenvalue weighted by Gasteiger charge is 2.31. The number of imide groups is 1. The molecule has 8 nitrogen and oxygen atoms in total. The van der Waals surface area contributed by atoms with Gasteiger partial charge in [0, 0.05) is 10.9 Å². The van der Waals surface area contributed by atoms with Gasteiger partial charge in [0.2, 0.25) is 5.91 Å². The second kappa shape index (κ2) is 9.09. The number of urea groups is 1. The Labute approximate surface area is 167 Å². The zero-order valence-corrected chi connectivity index (χ0v) is 16.3. The van der Waals surface area contributed by atoms with Crippen LogP contribution in [0, 0.1) is 0 Å². The number of ether oxygens (including phenoxy) is 1. The van der Waals surface area contributed by atoms with Crippen LogP contribution in [-0.2, 0) is 19.1 Å². The largest absolute Gasteiger partial charge is 0.452 e. The maximum absolute atomic E-state index is 12.2. The maximum Gasteiger partial charge on any atom is 0.321 e. The van der Waals surface area contributed by atoms with Crippen molar-refractivity contribution in [3.8, 4) is 0 Å². The minimum absolute atomic E-state index is 0.0790. The highest BCUT2D eigenvalue weighted by atomic mass is 32.2. The molecule has 2 atom stereocenters. The van der Waals surface area contributed by atoms with Crippen molar-refractivity contribution in [1.29, 1.82) is 0 Å². The highest BCUT2D eigenvalue weighted by Crippen LogP contribution is 2.36. The van der Waals surface area contributed by atoms with Gasteiger partial charge >= 0.3 is 12.0 Å². The van der Waals surface area contributed by atoms with Crippen LogP contribution < -0.4 is 16.0 Å². The van der Waals surface area contributed by atoms with Crippen LogP contribution in [-0.4, -0.2) is 41.2 Å². The van der Waals surface area contributed by atoms with E-state index in [1.54, 1.807) is 6.07 Å². The van der Waals surface area contributed by atoms with Gasteiger partial charge in [0.25, 0.3) is 5.91 Å². The Kier molecular flexibility index (Phi) is 6.56. The number of rotatable bonds is 5. The van der Waals surface area contributed by atoms with Gasteiger partial charge in [-0.05, 0) is 31.9 Å². The highest BCUT2D eigenvalue weighted by molar-refractivity contribution is 8.01. The van der Waals surface area contributed by atoms with Gasteiger partial charge in [0.15, 0.2) is 6.10 Å². The summed E-state index contributed by atoms with van der Waals surface area (Å²) in [5, 5.41) is 7.03. The lowest BCUT2D eigenvalue weighted by Crippen LogP contribution is -2.47. The third-order valence-corrected chi connectivity index (χ3v) is 5.94.